The molecule has 8 nitrogen and oxygen atoms in total. The quantitative estimate of drug-likeness (QED) is 0.274. The predicted molar refractivity (Wildman–Crippen MR) is 129 cm³/mol. The van der Waals surface area contributed by atoms with E-state index in [1.807, 2.05) is 19.1 Å². The molecular weight excluding hydrogens is 483 g/mol. The van der Waals surface area contributed by atoms with E-state index in [0.29, 0.717) is 43.8 Å². The lowest BCUT2D eigenvalue weighted by Crippen LogP contribution is -2.16. The third-order valence-corrected chi connectivity index (χ3v) is 5.88. The molecule has 0 radical (unpaired) electrons. The Hall–Kier alpha value is -3.14. The van der Waals surface area contributed by atoms with Crippen LogP contribution in [0.1, 0.15) is 21.7 Å². The smallest absolute Gasteiger partial charge is 0.278 e. The summed E-state index contributed by atoms with van der Waals surface area (Å²) in [5, 5.41) is 12.7. The van der Waals surface area contributed by atoms with Gasteiger partial charge in [0.2, 0.25) is 0 Å². The number of anilines is 1. The van der Waals surface area contributed by atoms with Gasteiger partial charge in [0.15, 0.2) is 10.9 Å². The van der Waals surface area contributed by atoms with Crippen molar-refractivity contribution in [2.45, 2.75) is 17.8 Å². The molecule has 0 fully saturated rings. The monoisotopic (exact) mass is 500 g/mol. The van der Waals surface area contributed by atoms with Gasteiger partial charge in [-0.05, 0) is 48.9 Å². The second-order valence-corrected chi connectivity index (χ2v) is 8.72. The van der Waals surface area contributed by atoms with Crippen LogP contribution in [-0.4, -0.2) is 38.0 Å². The number of benzene rings is 2. The highest BCUT2D eigenvalue weighted by Crippen LogP contribution is 2.29. The minimum atomic E-state index is -0.428. The van der Waals surface area contributed by atoms with Crippen molar-refractivity contribution in [3.8, 4) is 11.4 Å². The lowest BCUT2D eigenvalue weighted by atomic mass is 10.2. The van der Waals surface area contributed by atoms with Crippen LogP contribution in [0.2, 0.25) is 10.0 Å². The van der Waals surface area contributed by atoms with E-state index in [9.17, 15) is 4.79 Å². The Bertz CT molecular complexity index is 1280. The molecule has 0 atom stereocenters. The molecule has 1 amide bonds. The fourth-order valence-electron chi connectivity index (χ4n) is 3.07. The van der Waals surface area contributed by atoms with Gasteiger partial charge in [-0.15, -0.1) is 5.10 Å². The average molecular weight is 501 g/mol. The Morgan fingerprint density at radius 3 is 2.55 bits per heavy atom. The van der Waals surface area contributed by atoms with E-state index in [1.165, 1.54) is 16.4 Å². The standard InChI is InChI=1S/C22H18Cl2N6O2S/c1-13-4-5-19(32-2)17(8-13)27-21(31)20-18(12-33-22-25-6-3-7-26-22)30(29-28-20)16-10-14(23)9-15(24)11-16/h3-11H,12H2,1-2H3,(H,27,31). The number of hydrogen-bond donors (Lipinski definition) is 1. The van der Waals surface area contributed by atoms with E-state index in [0.717, 1.165) is 5.56 Å². The Morgan fingerprint density at radius 1 is 1.12 bits per heavy atom. The summed E-state index contributed by atoms with van der Waals surface area (Å²) in [6.07, 6.45) is 3.30. The molecule has 11 heteroatoms. The lowest BCUT2D eigenvalue weighted by molar-refractivity contribution is 0.102. The van der Waals surface area contributed by atoms with Crippen LogP contribution in [0.5, 0.6) is 5.75 Å². The molecule has 168 valence electrons. The number of aromatic nitrogens is 5. The number of halogens is 2. The number of rotatable bonds is 7. The number of ether oxygens (including phenoxy) is 1. The van der Waals surface area contributed by atoms with Crippen LogP contribution >= 0.6 is 35.0 Å². The number of amides is 1. The highest BCUT2D eigenvalue weighted by molar-refractivity contribution is 7.98. The van der Waals surface area contributed by atoms with E-state index in [-0.39, 0.29) is 5.69 Å². The molecule has 0 saturated carbocycles. The molecule has 0 unspecified atom stereocenters. The topological polar surface area (TPSA) is 94.8 Å². The van der Waals surface area contributed by atoms with E-state index < -0.39 is 5.91 Å². The van der Waals surface area contributed by atoms with Crippen LogP contribution in [0, 0.1) is 6.92 Å². The van der Waals surface area contributed by atoms with Gasteiger partial charge in [0.25, 0.3) is 5.91 Å². The van der Waals surface area contributed by atoms with Crippen molar-refractivity contribution in [2.24, 2.45) is 0 Å². The number of hydrogen-bond acceptors (Lipinski definition) is 7. The molecule has 0 bridgehead atoms. The molecule has 2 aromatic heterocycles. The predicted octanol–water partition coefficient (Wildman–Crippen LogP) is 5.23. The van der Waals surface area contributed by atoms with E-state index in [1.54, 1.807) is 49.8 Å². The van der Waals surface area contributed by atoms with Gasteiger partial charge in [-0.3, -0.25) is 4.79 Å². The van der Waals surface area contributed by atoms with Gasteiger partial charge in [-0.2, -0.15) is 0 Å². The largest absolute Gasteiger partial charge is 0.495 e. The van der Waals surface area contributed by atoms with Crippen LogP contribution in [0.15, 0.2) is 60.0 Å². The fraction of sp³-hybridized carbons (Fsp3) is 0.136. The van der Waals surface area contributed by atoms with Gasteiger partial charge in [0.1, 0.15) is 5.75 Å². The Morgan fingerprint density at radius 2 is 1.85 bits per heavy atom. The molecule has 33 heavy (non-hydrogen) atoms. The zero-order valence-corrected chi connectivity index (χ0v) is 19.9. The number of carbonyl (C=O) groups is 1. The van der Waals surface area contributed by atoms with Gasteiger partial charge in [0.05, 0.1) is 24.2 Å². The number of nitrogens with one attached hydrogen (secondary N) is 1. The summed E-state index contributed by atoms with van der Waals surface area (Å²) in [4.78, 5) is 21.7. The zero-order chi connectivity index (χ0) is 23.4. The number of carbonyl (C=O) groups excluding carboxylic acids is 1. The highest BCUT2D eigenvalue weighted by atomic mass is 35.5. The van der Waals surface area contributed by atoms with Crippen LogP contribution in [-0.2, 0) is 5.75 Å². The maximum atomic E-state index is 13.2. The second kappa shape index (κ2) is 10.2. The minimum Gasteiger partial charge on any atom is -0.495 e. The fourth-order valence-corrected chi connectivity index (χ4v) is 4.38. The van der Waals surface area contributed by atoms with Crippen molar-refractivity contribution >= 4 is 46.6 Å². The summed E-state index contributed by atoms with van der Waals surface area (Å²) in [7, 11) is 1.54. The van der Waals surface area contributed by atoms with Gasteiger partial charge >= 0.3 is 0 Å². The first-order chi connectivity index (χ1) is 15.9. The van der Waals surface area contributed by atoms with Crippen molar-refractivity contribution in [1.82, 2.24) is 25.0 Å². The SMILES string of the molecule is COc1ccc(C)cc1NC(=O)c1nnn(-c2cc(Cl)cc(Cl)c2)c1CSc1ncccn1. The lowest BCUT2D eigenvalue weighted by Gasteiger charge is -2.11. The van der Waals surface area contributed by atoms with Crippen molar-refractivity contribution in [3.63, 3.8) is 0 Å². The summed E-state index contributed by atoms with van der Waals surface area (Å²) in [6.45, 7) is 1.93. The summed E-state index contributed by atoms with van der Waals surface area (Å²) < 4.78 is 6.91. The first-order valence-corrected chi connectivity index (χ1v) is 11.5. The molecule has 0 saturated heterocycles. The molecule has 2 heterocycles. The Balaban J connectivity index is 1.72. The van der Waals surface area contributed by atoms with Gasteiger partial charge in [0, 0.05) is 28.2 Å². The molecule has 0 aliphatic heterocycles. The molecule has 1 N–H and O–H groups in total. The molecule has 4 rings (SSSR count). The molecule has 2 aromatic carbocycles. The minimum absolute atomic E-state index is 0.151. The van der Waals surface area contributed by atoms with Crippen LogP contribution in [0.25, 0.3) is 5.69 Å². The number of aryl methyl sites for hydroxylation is 1. The summed E-state index contributed by atoms with van der Waals surface area (Å²) in [6, 6.07) is 12.3. The number of nitrogens with zero attached hydrogens (tertiary/aromatic N) is 5. The van der Waals surface area contributed by atoms with Crippen molar-refractivity contribution < 1.29 is 9.53 Å². The van der Waals surface area contributed by atoms with Gasteiger partial charge in [-0.1, -0.05) is 46.2 Å². The van der Waals surface area contributed by atoms with Crippen LogP contribution in [0.3, 0.4) is 0 Å². The van der Waals surface area contributed by atoms with Gasteiger partial charge in [-0.25, -0.2) is 14.6 Å². The first-order valence-electron chi connectivity index (χ1n) is 9.71. The van der Waals surface area contributed by atoms with E-state index >= 15 is 0 Å². The Labute approximate surface area is 204 Å². The second-order valence-electron chi connectivity index (χ2n) is 6.90. The summed E-state index contributed by atoms with van der Waals surface area (Å²) in [5.74, 6) is 0.439. The van der Waals surface area contributed by atoms with Gasteiger partial charge < -0.3 is 10.1 Å². The van der Waals surface area contributed by atoms with E-state index in [4.69, 9.17) is 27.9 Å². The zero-order valence-electron chi connectivity index (χ0n) is 17.6. The summed E-state index contributed by atoms with van der Waals surface area (Å²) in [5.41, 5.74) is 2.78. The third kappa shape index (κ3) is 5.44. The maximum Gasteiger partial charge on any atom is 0.278 e. The normalized spacial score (nSPS) is 10.8. The molecule has 4 aromatic rings. The molecule has 0 aliphatic rings. The maximum absolute atomic E-state index is 13.2. The molecular formula is C22H18Cl2N6O2S. The number of methoxy groups -OCH3 is 1. The van der Waals surface area contributed by atoms with E-state index in [2.05, 4.69) is 25.6 Å². The highest BCUT2D eigenvalue weighted by Gasteiger charge is 2.23. The summed E-state index contributed by atoms with van der Waals surface area (Å²) >= 11 is 13.7. The van der Waals surface area contributed by atoms with Crippen LogP contribution in [0.4, 0.5) is 5.69 Å². The Kier molecular flexibility index (Phi) is 7.12. The number of thioether (sulfide) groups is 1. The van der Waals surface area contributed by atoms with Crippen molar-refractivity contribution in [1.29, 1.82) is 0 Å². The molecule has 0 spiro atoms. The average Bonchev–Trinajstić information content (AvgIpc) is 3.22. The van der Waals surface area contributed by atoms with Crippen molar-refractivity contribution in [3.05, 3.63) is 81.9 Å². The first kappa shape index (κ1) is 23.0. The van der Waals surface area contributed by atoms with Crippen LogP contribution < -0.4 is 10.1 Å². The van der Waals surface area contributed by atoms with Crippen molar-refractivity contribution in [2.75, 3.05) is 12.4 Å². The third-order valence-electron chi connectivity index (χ3n) is 4.55. The molecule has 0 aliphatic carbocycles.